The molecule has 0 aliphatic heterocycles. The third-order valence-electron chi connectivity index (χ3n) is 3.02. The van der Waals surface area contributed by atoms with Gasteiger partial charge in [-0.05, 0) is 6.92 Å². The number of rotatable bonds is 8. The average molecular weight is 399 g/mol. The molecule has 0 saturated carbocycles. The van der Waals surface area contributed by atoms with Crippen LogP contribution in [0.1, 0.15) is 20.3 Å². The van der Waals surface area contributed by atoms with E-state index in [4.69, 9.17) is 0 Å². The first-order valence-electron chi connectivity index (χ1n) is 6.04. The minimum Gasteiger partial charge on any atom is -0.211 e. The predicted molar refractivity (Wildman–Crippen MR) is 57.6 cm³/mol. The molecule has 0 saturated heterocycles. The fourth-order valence-corrected chi connectivity index (χ4v) is 1.53. The van der Waals surface area contributed by atoms with Crippen LogP contribution in [0, 0.1) is 0 Å². The van der Waals surface area contributed by atoms with Crippen LogP contribution in [0.2, 0.25) is 0 Å². The van der Waals surface area contributed by atoms with Gasteiger partial charge in [-0.1, -0.05) is 0 Å². The Bertz CT molecular complexity index is 532. The van der Waals surface area contributed by atoms with Gasteiger partial charge in [-0.15, -0.1) is 0 Å². The first-order valence-corrected chi connectivity index (χ1v) is 6.04. The van der Waals surface area contributed by atoms with Gasteiger partial charge < -0.3 is 0 Å². The van der Waals surface area contributed by atoms with E-state index in [2.05, 4.69) is 4.99 Å². The molecule has 0 rings (SSSR count). The van der Waals surface area contributed by atoms with Gasteiger partial charge in [0.05, 0.1) is 6.04 Å². The van der Waals surface area contributed by atoms with Crippen LogP contribution in [-0.2, 0) is 4.79 Å². The van der Waals surface area contributed by atoms with Gasteiger partial charge in [0.15, 0.2) is 0 Å². The molecule has 0 fully saturated rings. The monoisotopic (exact) mass is 399 g/mol. The van der Waals surface area contributed by atoms with Gasteiger partial charge in [0.25, 0.3) is 0 Å². The van der Waals surface area contributed by atoms with Crippen LogP contribution < -0.4 is 0 Å². The fraction of sp³-hybridized carbons (Fsp3) is 0.909. The van der Waals surface area contributed by atoms with Crippen LogP contribution in [0.4, 0.5) is 52.7 Å². The molecule has 1 atom stereocenters. The van der Waals surface area contributed by atoms with E-state index in [1.54, 1.807) is 0 Å². The summed E-state index contributed by atoms with van der Waals surface area (Å²) in [5.41, 5.74) is 0. The highest BCUT2D eigenvalue weighted by atomic mass is 19.4. The highest BCUT2D eigenvalue weighted by Gasteiger charge is 2.89. The van der Waals surface area contributed by atoms with Crippen LogP contribution in [0.5, 0.6) is 0 Å². The van der Waals surface area contributed by atoms with Crippen LogP contribution in [0.3, 0.4) is 0 Å². The molecule has 0 aromatic rings. The third kappa shape index (κ3) is 3.58. The van der Waals surface area contributed by atoms with Crippen molar-refractivity contribution in [3.05, 3.63) is 0 Å². The molecule has 0 radical (unpaired) electrons. The molecule has 25 heavy (non-hydrogen) atoms. The zero-order chi connectivity index (χ0) is 20.7. The summed E-state index contributed by atoms with van der Waals surface area (Å²) in [6.07, 6.45) is -1.85. The van der Waals surface area contributed by atoms with E-state index in [0.29, 0.717) is 13.0 Å². The SMILES string of the molecule is CC(CC(F)(F)C(F)(F)C(F)(F)C(F)(F)C(F)(F)C(C)(F)F)N=C=O. The molecule has 0 N–H and O–H groups in total. The maximum absolute atomic E-state index is 13.3. The molecule has 0 amide bonds. The molecule has 0 aliphatic rings. The third-order valence-corrected chi connectivity index (χ3v) is 3.02. The van der Waals surface area contributed by atoms with E-state index in [-0.39, 0.29) is 0 Å². The van der Waals surface area contributed by atoms with Crippen LogP contribution >= 0.6 is 0 Å². The quantitative estimate of drug-likeness (QED) is 0.323. The number of halogens is 12. The molecule has 0 heterocycles. The standard InChI is InChI=1S/C11H9F12NO/c1-5(24-4-25)3-7(14,15)9(18,19)11(22,23)10(20,21)8(16,17)6(2,12)13/h5H,3H2,1-2H3. The summed E-state index contributed by atoms with van der Waals surface area (Å²) in [4.78, 5) is 12.2. The van der Waals surface area contributed by atoms with Crippen molar-refractivity contribution < 1.29 is 57.5 Å². The van der Waals surface area contributed by atoms with Crippen molar-refractivity contribution in [1.29, 1.82) is 0 Å². The average Bonchev–Trinajstić information content (AvgIpc) is 2.35. The summed E-state index contributed by atoms with van der Waals surface area (Å²) < 4.78 is 157. The Hall–Kier alpha value is -1.46. The molecular formula is C11H9F12NO. The highest BCUT2D eigenvalue weighted by molar-refractivity contribution is 5.33. The Kier molecular flexibility index (Phi) is 5.99. The molecule has 14 heteroatoms. The summed E-state index contributed by atoms with van der Waals surface area (Å²) in [5.74, 6) is -41.5. The van der Waals surface area contributed by atoms with E-state index in [0.717, 1.165) is 0 Å². The number of isocyanates is 1. The van der Waals surface area contributed by atoms with Gasteiger partial charge in [0.1, 0.15) is 0 Å². The number of alkyl halides is 12. The Morgan fingerprint density at radius 1 is 0.760 bits per heavy atom. The second-order valence-electron chi connectivity index (χ2n) is 5.16. The van der Waals surface area contributed by atoms with Crippen molar-refractivity contribution >= 4 is 6.08 Å². The minimum atomic E-state index is -7.59. The van der Waals surface area contributed by atoms with Crippen molar-refractivity contribution in [3.63, 3.8) is 0 Å². The van der Waals surface area contributed by atoms with E-state index in [1.165, 1.54) is 0 Å². The molecule has 1 unspecified atom stereocenters. The second kappa shape index (κ2) is 6.36. The smallest absolute Gasteiger partial charge is 0.211 e. The van der Waals surface area contributed by atoms with E-state index in [1.807, 2.05) is 0 Å². The minimum absolute atomic E-state index is 0.500. The zero-order valence-electron chi connectivity index (χ0n) is 12.2. The summed E-state index contributed by atoms with van der Waals surface area (Å²) in [5, 5.41) is 0. The summed E-state index contributed by atoms with van der Waals surface area (Å²) in [6, 6.07) is -2.14. The first-order chi connectivity index (χ1) is 10.7. The van der Waals surface area contributed by atoms with E-state index < -0.39 is 54.9 Å². The highest BCUT2D eigenvalue weighted by Crippen LogP contribution is 2.60. The van der Waals surface area contributed by atoms with Crippen molar-refractivity contribution in [1.82, 2.24) is 0 Å². The van der Waals surface area contributed by atoms with Crippen LogP contribution in [0.15, 0.2) is 4.99 Å². The summed E-state index contributed by atoms with van der Waals surface area (Å²) in [6.45, 7) is -0.478. The predicted octanol–water partition coefficient (Wildman–Crippen LogP) is 4.93. The first kappa shape index (κ1) is 23.5. The maximum Gasteiger partial charge on any atom is 0.384 e. The van der Waals surface area contributed by atoms with Crippen LogP contribution in [-0.4, -0.2) is 47.7 Å². The van der Waals surface area contributed by atoms with Crippen molar-refractivity contribution in [3.8, 4) is 0 Å². The Morgan fingerprint density at radius 3 is 1.44 bits per heavy atom. The number of aliphatic imine (C=N–C) groups is 1. The summed E-state index contributed by atoms with van der Waals surface area (Å²) in [7, 11) is 0. The molecule has 0 spiro atoms. The van der Waals surface area contributed by atoms with Gasteiger partial charge >= 0.3 is 35.5 Å². The molecular weight excluding hydrogens is 390 g/mol. The molecule has 2 nitrogen and oxygen atoms in total. The number of hydrogen-bond acceptors (Lipinski definition) is 2. The molecule has 148 valence electrons. The van der Waals surface area contributed by atoms with Gasteiger partial charge in [0.2, 0.25) is 6.08 Å². The largest absolute Gasteiger partial charge is 0.384 e. The van der Waals surface area contributed by atoms with Gasteiger partial charge in [-0.25, -0.2) is 9.79 Å². The number of carbonyl (C=O) groups excluding carboxylic acids is 1. The molecule has 0 aliphatic carbocycles. The Balaban J connectivity index is 6.15. The van der Waals surface area contributed by atoms with Crippen molar-refractivity contribution in [2.45, 2.75) is 61.8 Å². The van der Waals surface area contributed by atoms with Gasteiger partial charge in [-0.3, -0.25) is 0 Å². The lowest BCUT2D eigenvalue weighted by Gasteiger charge is -2.41. The van der Waals surface area contributed by atoms with Gasteiger partial charge in [0, 0.05) is 13.3 Å². The molecule has 0 bridgehead atoms. The lowest BCUT2D eigenvalue weighted by atomic mass is 9.90. The fourth-order valence-electron chi connectivity index (χ4n) is 1.53. The topological polar surface area (TPSA) is 29.4 Å². The molecule has 0 aromatic heterocycles. The zero-order valence-corrected chi connectivity index (χ0v) is 12.2. The van der Waals surface area contributed by atoms with E-state index in [9.17, 15) is 57.5 Å². The Labute approximate surface area is 131 Å². The Morgan fingerprint density at radius 2 is 1.12 bits per heavy atom. The van der Waals surface area contributed by atoms with Gasteiger partial charge in [-0.2, -0.15) is 52.7 Å². The van der Waals surface area contributed by atoms with Crippen molar-refractivity contribution in [2.75, 3.05) is 0 Å². The van der Waals surface area contributed by atoms with Crippen molar-refractivity contribution in [2.24, 2.45) is 4.99 Å². The summed E-state index contributed by atoms with van der Waals surface area (Å²) >= 11 is 0. The number of hydrogen-bond donors (Lipinski definition) is 0. The van der Waals surface area contributed by atoms with Crippen LogP contribution in [0.25, 0.3) is 0 Å². The van der Waals surface area contributed by atoms with E-state index >= 15 is 0 Å². The lowest BCUT2D eigenvalue weighted by Crippen LogP contribution is -2.70. The maximum atomic E-state index is 13.3. The number of nitrogens with zero attached hydrogens (tertiary/aromatic N) is 1. The molecule has 0 aromatic carbocycles. The normalized spacial score (nSPS) is 16.4. The lowest BCUT2D eigenvalue weighted by molar-refractivity contribution is -0.423. The second-order valence-corrected chi connectivity index (χ2v) is 5.16.